The van der Waals surface area contributed by atoms with Crippen molar-refractivity contribution in [3.63, 3.8) is 0 Å². The molecule has 0 saturated heterocycles. The lowest BCUT2D eigenvalue weighted by atomic mass is 10.3. The van der Waals surface area contributed by atoms with Crippen LogP contribution in [0.3, 0.4) is 0 Å². The first-order chi connectivity index (χ1) is 8.33. The first-order valence-electron chi connectivity index (χ1n) is 5.84. The van der Waals surface area contributed by atoms with Crippen LogP contribution in [0.2, 0.25) is 0 Å². The predicted octanol–water partition coefficient (Wildman–Crippen LogP) is 0.565. The molecule has 1 aromatic heterocycles. The van der Waals surface area contributed by atoms with Crippen molar-refractivity contribution in [2.24, 2.45) is 10.7 Å². The van der Waals surface area contributed by atoms with Gasteiger partial charge in [0.15, 0.2) is 5.96 Å². The molecule has 94 valence electrons. The van der Waals surface area contributed by atoms with Gasteiger partial charge in [-0.25, -0.2) is 0 Å². The summed E-state index contributed by atoms with van der Waals surface area (Å²) in [6.07, 6.45) is 2.62. The van der Waals surface area contributed by atoms with E-state index in [-0.39, 0.29) is 0 Å². The van der Waals surface area contributed by atoms with E-state index in [0.717, 1.165) is 18.7 Å². The summed E-state index contributed by atoms with van der Waals surface area (Å²) < 4.78 is 5.16. The minimum Gasteiger partial charge on any atom is -0.380 e. The molecule has 0 radical (unpaired) electrons. The highest BCUT2D eigenvalue weighted by Gasteiger charge is 1.94. The van der Waals surface area contributed by atoms with E-state index >= 15 is 0 Å². The van der Waals surface area contributed by atoms with Crippen LogP contribution in [0.5, 0.6) is 0 Å². The molecule has 0 atom stereocenters. The second-order valence-corrected chi connectivity index (χ2v) is 3.46. The van der Waals surface area contributed by atoms with Gasteiger partial charge in [-0.05, 0) is 19.1 Å². The Labute approximate surface area is 102 Å². The van der Waals surface area contributed by atoms with Crippen molar-refractivity contribution in [2.45, 2.75) is 13.3 Å². The van der Waals surface area contributed by atoms with Crippen LogP contribution in [0, 0.1) is 0 Å². The number of aromatic nitrogens is 1. The van der Waals surface area contributed by atoms with E-state index in [1.807, 2.05) is 25.1 Å². The molecular formula is C12H20N4O. The molecular weight excluding hydrogens is 216 g/mol. The quantitative estimate of drug-likeness (QED) is 0.412. The Hall–Kier alpha value is -1.62. The maximum absolute atomic E-state index is 5.68. The summed E-state index contributed by atoms with van der Waals surface area (Å²) in [5, 5.41) is 3.04. The maximum Gasteiger partial charge on any atom is 0.188 e. The van der Waals surface area contributed by atoms with Gasteiger partial charge < -0.3 is 15.8 Å². The molecule has 0 unspecified atom stereocenters. The van der Waals surface area contributed by atoms with Crippen molar-refractivity contribution in [2.75, 3.05) is 26.3 Å². The Balaban J connectivity index is 2.13. The maximum atomic E-state index is 5.68. The lowest BCUT2D eigenvalue weighted by molar-refractivity contribution is 0.155. The molecule has 0 spiro atoms. The summed E-state index contributed by atoms with van der Waals surface area (Å²) >= 11 is 0. The summed E-state index contributed by atoms with van der Waals surface area (Å²) in [5.41, 5.74) is 6.73. The van der Waals surface area contributed by atoms with E-state index in [1.54, 1.807) is 6.20 Å². The molecule has 5 heteroatoms. The molecule has 0 saturated carbocycles. The number of rotatable bonds is 7. The zero-order chi connectivity index (χ0) is 12.3. The Bertz CT molecular complexity index is 327. The van der Waals surface area contributed by atoms with Gasteiger partial charge >= 0.3 is 0 Å². The fourth-order valence-electron chi connectivity index (χ4n) is 1.30. The standard InChI is InChI=1S/C12H20N4O/c1-2-17-10-9-16-12(13)15-8-6-11-5-3-4-7-14-11/h3-5,7H,2,6,8-10H2,1H3,(H3,13,15,16). The van der Waals surface area contributed by atoms with Crippen molar-refractivity contribution < 1.29 is 4.74 Å². The summed E-state index contributed by atoms with van der Waals surface area (Å²) in [5.74, 6) is 0.459. The molecule has 0 amide bonds. The van der Waals surface area contributed by atoms with Crippen LogP contribution in [-0.4, -0.2) is 37.2 Å². The number of pyridine rings is 1. The summed E-state index contributed by atoms with van der Waals surface area (Å²) in [4.78, 5) is 8.35. The van der Waals surface area contributed by atoms with Crippen LogP contribution < -0.4 is 11.1 Å². The predicted molar refractivity (Wildman–Crippen MR) is 68.9 cm³/mol. The fraction of sp³-hybridized carbons (Fsp3) is 0.500. The first kappa shape index (κ1) is 13.4. The van der Waals surface area contributed by atoms with Crippen LogP contribution in [0.4, 0.5) is 0 Å². The van der Waals surface area contributed by atoms with Crippen LogP contribution in [0.1, 0.15) is 12.6 Å². The number of nitrogens with one attached hydrogen (secondary N) is 1. The molecule has 0 aliphatic rings. The van der Waals surface area contributed by atoms with Gasteiger partial charge in [-0.1, -0.05) is 6.07 Å². The van der Waals surface area contributed by atoms with E-state index in [4.69, 9.17) is 10.5 Å². The summed E-state index contributed by atoms with van der Waals surface area (Å²) in [6.45, 7) is 4.61. The smallest absolute Gasteiger partial charge is 0.188 e. The molecule has 0 aliphatic carbocycles. The average molecular weight is 236 g/mol. The number of aliphatic imine (C=N–C) groups is 1. The first-order valence-corrected chi connectivity index (χ1v) is 5.84. The number of guanidine groups is 1. The molecule has 0 aliphatic heterocycles. The SMILES string of the molecule is CCOCCN=C(N)NCCc1ccccn1. The number of hydrogen-bond acceptors (Lipinski definition) is 3. The van der Waals surface area contributed by atoms with Crippen LogP contribution >= 0.6 is 0 Å². The second kappa shape index (κ2) is 8.52. The van der Waals surface area contributed by atoms with Gasteiger partial charge in [0, 0.05) is 31.5 Å². The molecule has 1 rings (SSSR count). The van der Waals surface area contributed by atoms with Gasteiger partial charge in [-0.15, -0.1) is 0 Å². The minimum absolute atomic E-state index is 0.459. The van der Waals surface area contributed by atoms with E-state index in [2.05, 4.69) is 15.3 Å². The zero-order valence-electron chi connectivity index (χ0n) is 10.2. The number of nitrogens with two attached hydrogens (primary N) is 1. The molecule has 1 aromatic rings. The largest absolute Gasteiger partial charge is 0.380 e. The zero-order valence-corrected chi connectivity index (χ0v) is 10.2. The molecule has 3 N–H and O–H groups in total. The number of ether oxygens (including phenoxy) is 1. The average Bonchev–Trinajstić information content (AvgIpc) is 2.36. The van der Waals surface area contributed by atoms with Crippen molar-refractivity contribution in [3.8, 4) is 0 Å². The van der Waals surface area contributed by atoms with Gasteiger partial charge in [-0.2, -0.15) is 0 Å². The van der Waals surface area contributed by atoms with Gasteiger partial charge in [0.25, 0.3) is 0 Å². The third-order valence-electron chi connectivity index (χ3n) is 2.14. The van der Waals surface area contributed by atoms with Gasteiger partial charge in [0.2, 0.25) is 0 Å². The molecule has 17 heavy (non-hydrogen) atoms. The second-order valence-electron chi connectivity index (χ2n) is 3.46. The Kier molecular flexibility index (Phi) is 6.74. The fourth-order valence-corrected chi connectivity index (χ4v) is 1.30. The van der Waals surface area contributed by atoms with Gasteiger partial charge in [0.1, 0.15) is 0 Å². The third kappa shape index (κ3) is 6.52. The number of hydrogen-bond donors (Lipinski definition) is 2. The van der Waals surface area contributed by atoms with Crippen LogP contribution in [-0.2, 0) is 11.2 Å². The molecule has 1 heterocycles. The van der Waals surface area contributed by atoms with Crippen molar-refractivity contribution >= 4 is 5.96 Å². The lowest BCUT2D eigenvalue weighted by Gasteiger charge is -2.05. The third-order valence-corrected chi connectivity index (χ3v) is 2.14. The van der Waals surface area contributed by atoms with E-state index in [9.17, 15) is 0 Å². The van der Waals surface area contributed by atoms with Crippen molar-refractivity contribution in [1.82, 2.24) is 10.3 Å². The van der Waals surface area contributed by atoms with E-state index < -0.39 is 0 Å². The molecule has 0 fully saturated rings. The minimum atomic E-state index is 0.459. The van der Waals surface area contributed by atoms with Gasteiger partial charge in [-0.3, -0.25) is 9.98 Å². The lowest BCUT2D eigenvalue weighted by Crippen LogP contribution is -2.33. The van der Waals surface area contributed by atoms with Crippen molar-refractivity contribution in [1.29, 1.82) is 0 Å². The Morgan fingerprint density at radius 1 is 1.53 bits per heavy atom. The summed E-state index contributed by atoms with van der Waals surface area (Å²) in [6, 6.07) is 5.87. The highest BCUT2D eigenvalue weighted by molar-refractivity contribution is 5.77. The number of nitrogens with zero attached hydrogens (tertiary/aromatic N) is 2. The Morgan fingerprint density at radius 3 is 3.12 bits per heavy atom. The van der Waals surface area contributed by atoms with Crippen LogP contribution in [0.25, 0.3) is 0 Å². The normalized spacial score (nSPS) is 11.5. The van der Waals surface area contributed by atoms with E-state index in [0.29, 0.717) is 25.7 Å². The Morgan fingerprint density at radius 2 is 2.41 bits per heavy atom. The highest BCUT2D eigenvalue weighted by Crippen LogP contribution is 1.92. The van der Waals surface area contributed by atoms with E-state index in [1.165, 1.54) is 0 Å². The highest BCUT2D eigenvalue weighted by atomic mass is 16.5. The molecule has 0 aromatic carbocycles. The topological polar surface area (TPSA) is 72.5 Å². The molecule has 0 bridgehead atoms. The molecule has 5 nitrogen and oxygen atoms in total. The summed E-state index contributed by atoms with van der Waals surface area (Å²) in [7, 11) is 0. The van der Waals surface area contributed by atoms with Crippen LogP contribution in [0.15, 0.2) is 29.4 Å². The van der Waals surface area contributed by atoms with Gasteiger partial charge in [0.05, 0.1) is 13.2 Å². The monoisotopic (exact) mass is 236 g/mol. The van der Waals surface area contributed by atoms with Crippen molar-refractivity contribution in [3.05, 3.63) is 30.1 Å².